The Balaban J connectivity index is 1.54. The topological polar surface area (TPSA) is 93.5 Å². The third kappa shape index (κ3) is 3.63. The van der Waals surface area contributed by atoms with E-state index in [4.69, 9.17) is 27.9 Å². The number of benzene rings is 1. The molecule has 3 heterocycles. The maximum Gasteiger partial charge on any atom is 0.310 e. The van der Waals surface area contributed by atoms with Crippen molar-refractivity contribution in [2.45, 2.75) is 45.4 Å². The predicted octanol–water partition coefficient (Wildman–Crippen LogP) is 3.67. The number of aliphatic carboxylic acids is 1. The maximum absolute atomic E-state index is 13.0. The quantitative estimate of drug-likeness (QED) is 0.743. The van der Waals surface area contributed by atoms with Gasteiger partial charge in [-0.05, 0) is 44.4 Å². The number of ether oxygens (including phenoxy) is 1. The van der Waals surface area contributed by atoms with Gasteiger partial charge in [0, 0.05) is 0 Å². The zero-order valence-corrected chi connectivity index (χ0v) is 17.5. The summed E-state index contributed by atoms with van der Waals surface area (Å²) in [6.45, 7) is 4.13. The molecule has 2 aromatic rings. The SMILES string of the molecule is Cc1nn(Cc2ccc(Cl)c(Cl)c2)c(C)c1NC(=O)[C@H]1[C@H](C(=O)O)[C@H]2CC[C@H]1O2. The minimum Gasteiger partial charge on any atom is -0.481 e. The molecule has 0 saturated carbocycles. The summed E-state index contributed by atoms with van der Waals surface area (Å²) < 4.78 is 7.47. The molecule has 7 nitrogen and oxygen atoms in total. The first-order chi connectivity index (χ1) is 13.8. The largest absolute Gasteiger partial charge is 0.481 e. The van der Waals surface area contributed by atoms with Crippen LogP contribution in [0.2, 0.25) is 10.0 Å². The Morgan fingerprint density at radius 1 is 1.21 bits per heavy atom. The molecule has 2 saturated heterocycles. The lowest BCUT2D eigenvalue weighted by molar-refractivity contribution is -0.147. The molecule has 2 aliphatic rings. The first-order valence-corrected chi connectivity index (χ1v) is 10.2. The molecule has 0 radical (unpaired) electrons. The van der Waals surface area contributed by atoms with Gasteiger partial charge >= 0.3 is 5.97 Å². The highest BCUT2D eigenvalue weighted by Gasteiger charge is 2.55. The molecule has 1 aromatic heterocycles. The normalized spacial score (nSPS) is 25.4. The summed E-state index contributed by atoms with van der Waals surface area (Å²) in [7, 11) is 0. The molecule has 2 bridgehead atoms. The molecule has 2 aliphatic heterocycles. The Morgan fingerprint density at radius 2 is 1.90 bits per heavy atom. The van der Waals surface area contributed by atoms with Gasteiger partial charge in [0.05, 0.1) is 57.7 Å². The van der Waals surface area contributed by atoms with Crippen molar-refractivity contribution in [1.29, 1.82) is 0 Å². The van der Waals surface area contributed by atoms with E-state index in [1.54, 1.807) is 23.7 Å². The molecule has 4 atom stereocenters. The second-order valence-corrected chi connectivity index (χ2v) is 8.44. The standard InChI is InChI=1S/C20H21Cl2N3O4/c1-9-18(10(2)25(24-9)8-11-3-4-12(21)13(22)7-11)23-19(26)16-14-5-6-15(29-14)17(16)20(27)28/h3-4,7,14-17H,5-6,8H2,1-2H3,(H,23,26)(H,27,28)/t14-,15-,16-,17-/m1/s1. The number of carbonyl (C=O) groups is 2. The number of aromatic nitrogens is 2. The van der Waals surface area contributed by atoms with Gasteiger partial charge in [0.15, 0.2) is 0 Å². The lowest BCUT2D eigenvalue weighted by Crippen LogP contribution is -2.41. The van der Waals surface area contributed by atoms with Crippen molar-refractivity contribution in [3.8, 4) is 0 Å². The molecule has 29 heavy (non-hydrogen) atoms. The van der Waals surface area contributed by atoms with E-state index in [9.17, 15) is 14.7 Å². The van der Waals surface area contributed by atoms with Crippen molar-refractivity contribution in [1.82, 2.24) is 9.78 Å². The average Bonchev–Trinajstić information content (AvgIpc) is 3.34. The highest BCUT2D eigenvalue weighted by molar-refractivity contribution is 6.42. The van der Waals surface area contributed by atoms with E-state index < -0.39 is 17.8 Å². The smallest absolute Gasteiger partial charge is 0.310 e. The third-order valence-corrected chi connectivity index (χ3v) is 6.55. The molecular weight excluding hydrogens is 417 g/mol. The van der Waals surface area contributed by atoms with Gasteiger partial charge in [-0.15, -0.1) is 0 Å². The second-order valence-electron chi connectivity index (χ2n) is 7.62. The van der Waals surface area contributed by atoms with Crippen molar-refractivity contribution in [3.05, 3.63) is 45.2 Å². The maximum atomic E-state index is 13.0. The number of hydrogen-bond acceptors (Lipinski definition) is 4. The van der Waals surface area contributed by atoms with Crippen molar-refractivity contribution in [2.24, 2.45) is 11.8 Å². The summed E-state index contributed by atoms with van der Waals surface area (Å²) >= 11 is 12.1. The first kappa shape index (κ1) is 20.2. The Morgan fingerprint density at radius 3 is 2.55 bits per heavy atom. The number of anilines is 1. The van der Waals surface area contributed by atoms with Gasteiger partial charge in [-0.3, -0.25) is 14.3 Å². The molecule has 2 fully saturated rings. The van der Waals surface area contributed by atoms with Crippen LogP contribution in [0.5, 0.6) is 0 Å². The number of rotatable bonds is 5. The van der Waals surface area contributed by atoms with Crippen LogP contribution in [-0.4, -0.2) is 39.0 Å². The molecule has 0 unspecified atom stereocenters. The van der Waals surface area contributed by atoms with Gasteiger partial charge in [0.2, 0.25) is 5.91 Å². The fourth-order valence-corrected chi connectivity index (χ4v) is 4.69. The van der Waals surface area contributed by atoms with Crippen molar-refractivity contribution in [3.63, 3.8) is 0 Å². The minimum absolute atomic E-state index is 0.329. The van der Waals surface area contributed by atoms with E-state index in [2.05, 4.69) is 10.4 Å². The minimum atomic E-state index is -0.985. The summed E-state index contributed by atoms with van der Waals surface area (Å²) in [5.74, 6) is -2.81. The summed E-state index contributed by atoms with van der Waals surface area (Å²) in [4.78, 5) is 24.6. The molecule has 4 rings (SSSR count). The number of carboxylic acids is 1. The highest BCUT2D eigenvalue weighted by atomic mass is 35.5. The Labute approximate surface area is 177 Å². The second kappa shape index (κ2) is 7.63. The number of nitrogens with zero attached hydrogens (tertiary/aromatic N) is 2. The lowest BCUT2D eigenvalue weighted by atomic mass is 9.78. The molecular formula is C20H21Cl2N3O4. The Hall–Kier alpha value is -2.09. The number of fused-ring (bicyclic) bond motifs is 2. The van der Waals surface area contributed by atoms with Gasteiger partial charge in [0.1, 0.15) is 0 Å². The van der Waals surface area contributed by atoms with Gasteiger partial charge in [0.25, 0.3) is 0 Å². The molecule has 1 amide bonds. The molecule has 0 aliphatic carbocycles. The van der Waals surface area contributed by atoms with Crippen LogP contribution in [0.3, 0.4) is 0 Å². The number of hydrogen-bond donors (Lipinski definition) is 2. The fourth-order valence-electron chi connectivity index (χ4n) is 4.37. The van der Waals surface area contributed by atoms with Gasteiger partial charge in [-0.1, -0.05) is 29.3 Å². The van der Waals surface area contributed by atoms with Crippen LogP contribution in [0.15, 0.2) is 18.2 Å². The van der Waals surface area contributed by atoms with Gasteiger partial charge in [-0.25, -0.2) is 0 Å². The molecule has 9 heteroatoms. The zero-order valence-electron chi connectivity index (χ0n) is 16.0. The number of halogens is 2. The van der Waals surface area contributed by atoms with Crippen LogP contribution in [0.1, 0.15) is 29.8 Å². The summed E-state index contributed by atoms with van der Waals surface area (Å²) in [6, 6.07) is 5.38. The predicted molar refractivity (Wildman–Crippen MR) is 108 cm³/mol. The lowest BCUT2D eigenvalue weighted by Gasteiger charge is -2.23. The van der Waals surface area contributed by atoms with Crippen molar-refractivity contribution < 1.29 is 19.4 Å². The van der Waals surface area contributed by atoms with Crippen LogP contribution >= 0.6 is 23.2 Å². The molecule has 2 N–H and O–H groups in total. The Bertz CT molecular complexity index is 990. The third-order valence-electron chi connectivity index (χ3n) is 5.81. The molecule has 1 aromatic carbocycles. The average molecular weight is 438 g/mol. The van der Waals surface area contributed by atoms with Crippen LogP contribution in [0, 0.1) is 25.7 Å². The van der Waals surface area contributed by atoms with Crippen LogP contribution in [0.25, 0.3) is 0 Å². The van der Waals surface area contributed by atoms with E-state index >= 15 is 0 Å². The van der Waals surface area contributed by atoms with E-state index in [0.717, 1.165) is 11.3 Å². The highest BCUT2D eigenvalue weighted by Crippen LogP contribution is 2.44. The number of amides is 1. The number of nitrogens with one attached hydrogen (secondary N) is 1. The van der Waals surface area contributed by atoms with E-state index in [-0.39, 0.29) is 18.1 Å². The number of carbonyl (C=O) groups excluding carboxylic acids is 1. The fraction of sp³-hybridized carbons (Fsp3) is 0.450. The number of aryl methyl sites for hydroxylation is 1. The number of carboxylic acid groups (broad SMARTS) is 1. The Kier molecular flexibility index (Phi) is 5.31. The van der Waals surface area contributed by atoms with Crippen LogP contribution in [-0.2, 0) is 20.9 Å². The molecule has 0 spiro atoms. The summed E-state index contributed by atoms with van der Waals surface area (Å²) in [5.41, 5.74) is 2.96. The van der Waals surface area contributed by atoms with Crippen molar-refractivity contribution >= 4 is 40.8 Å². The first-order valence-electron chi connectivity index (χ1n) is 9.43. The van der Waals surface area contributed by atoms with E-state index in [1.807, 2.05) is 13.0 Å². The monoisotopic (exact) mass is 437 g/mol. The van der Waals surface area contributed by atoms with Gasteiger partial charge < -0.3 is 15.2 Å². The van der Waals surface area contributed by atoms with Crippen LogP contribution < -0.4 is 5.32 Å². The summed E-state index contributed by atoms with van der Waals surface area (Å²) in [6.07, 6.45) is 0.673. The molecule has 154 valence electrons. The van der Waals surface area contributed by atoms with E-state index in [1.165, 1.54) is 0 Å². The van der Waals surface area contributed by atoms with Crippen LogP contribution in [0.4, 0.5) is 5.69 Å². The zero-order chi connectivity index (χ0) is 20.9. The van der Waals surface area contributed by atoms with Crippen molar-refractivity contribution in [2.75, 3.05) is 5.32 Å². The van der Waals surface area contributed by atoms with E-state index in [0.29, 0.717) is 40.8 Å². The summed E-state index contributed by atoms with van der Waals surface area (Å²) in [5, 5.41) is 17.9. The van der Waals surface area contributed by atoms with Gasteiger partial charge in [-0.2, -0.15) is 5.10 Å².